The van der Waals surface area contributed by atoms with E-state index in [4.69, 9.17) is 0 Å². The summed E-state index contributed by atoms with van der Waals surface area (Å²) < 4.78 is 54.3. The molecule has 0 aromatic heterocycles. The second-order valence-corrected chi connectivity index (χ2v) is 9.27. The fraction of sp³-hybridized carbons (Fsp3) is 0.0714. The highest BCUT2D eigenvalue weighted by molar-refractivity contribution is 8.15. The smallest absolute Gasteiger partial charge is 0.285 e. The van der Waals surface area contributed by atoms with Crippen LogP contribution in [0.15, 0.2) is 67.6 Å². The quantitative estimate of drug-likeness (QED) is 0.838. The highest BCUT2D eigenvalue weighted by Crippen LogP contribution is 2.35. The number of nitrogens with zero attached hydrogens (tertiary/aromatic N) is 1. The molecule has 0 spiro atoms. The van der Waals surface area contributed by atoms with Crippen LogP contribution < -0.4 is 10.0 Å². The first-order valence-corrected chi connectivity index (χ1v) is 10.5. The summed E-state index contributed by atoms with van der Waals surface area (Å²) in [6.45, 7) is 0. The zero-order valence-corrected chi connectivity index (χ0v) is 14.9. The van der Waals surface area contributed by atoms with E-state index in [1.54, 1.807) is 12.1 Å². The zero-order valence-electron chi connectivity index (χ0n) is 12.4. The highest BCUT2D eigenvalue weighted by Gasteiger charge is 2.28. The van der Waals surface area contributed by atoms with Crippen molar-refractivity contribution in [2.24, 2.45) is 4.40 Å². The van der Waals surface area contributed by atoms with Gasteiger partial charge in [-0.3, -0.25) is 0 Å². The van der Waals surface area contributed by atoms with Crippen molar-refractivity contribution in [1.29, 1.82) is 0 Å². The minimum atomic E-state index is -3.99. The van der Waals surface area contributed by atoms with Gasteiger partial charge in [-0.2, -0.15) is 8.42 Å². The SMILES string of the molecule is CNS(=O)(=O)c1ccc2c(c1)S(=O)(=O)N=C(Nc1ccccc1)S2. The molecule has 1 heterocycles. The van der Waals surface area contributed by atoms with Crippen LogP contribution in [0.5, 0.6) is 0 Å². The Morgan fingerprint density at radius 3 is 2.46 bits per heavy atom. The lowest BCUT2D eigenvalue weighted by Gasteiger charge is -2.17. The van der Waals surface area contributed by atoms with Gasteiger partial charge in [-0.1, -0.05) is 18.2 Å². The molecule has 10 heteroatoms. The normalized spacial score (nSPS) is 16.1. The number of amidine groups is 1. The van der Waals surface area contributed by atoms with E-state index in [1.165, 1.54) is 19.2 Å². The fourth-order valence-electron chi connectivity index (χ4n) is 2.03. The van der Waals surface area contributed by atoms with Gasteiger partial charge in [-0.25, -0.2) is 13.1 Å². The van der Waals surface area contributed by atoms with Crippen molar-refractivity contribution in [3.8, 4) is 0 Å². The summed E-state index contributed by atoms with van der Waals surface area (Å²) >= 11 is 1.13. The summed E-state index contributed by atoms with van der Waals surface area (Å²) in [5.41, 5.74) is 0.705. The van der Waals surface area contributed by atoms with Crippen LogP contribution in [0.1, 0.15) is 0 Å². The number of anilines is 1. The zero-order chi connectivity index (χ0) is 17.4. The number of hydrogen-bond acceptors (Lipinski definition) is 6. The Morgan fingerprint density at radius 2 is 1.79 bits per heavy atom. The predicted octanol–water partition coefficient (Wildman–Crippen LogP) is 1.86. The van der Waals surface area contributed by atoms with Crippen molar-refractivity contribution in [3.63, 3.8) is 0 Å². The molecule has 7 nitrogen and oxygen atoms in total. The number of rotatable bonds is 3. The van der Waals surface area contributed by atoms with E-state index in [-0.39, 0.29) is 15.0 Å². The lowest BCUT2D eigenvalue weighted by Crippen LogP contribution is -2.20. The van der Waals surface area contributed by atoms with Crippen LogP contribution in [0, 0.1) is 0 Å². The van der Waals surface area contributed by atoms with Crippen LogP contribution in [0.4, 0.5) is 5.69 Å². The molecule has 126 valence electrons. The number of fused-ring (bicyclic) bond motifs is 1. The average Bonchev–Trinajstić information content (AvgIpc) is 2.55. The van der Waals surface area contributed by atoms with Crippen LogP contribution in [0.3, 0.4) is 0 Å². The van der Waals surface area contributed by atoms with Crippen molar-refractivity contribution >= 4 is 42.7 Å². The molecule has 2 aromatic rings. The Kier molecular flexibility index (Phi) is 4.38. The number of hydrogen-bond donors (Lipinski definition) is 2. The molecule has 0 amide bonds. The molecular weight excluding hydrogens is 370 g/mol. The van der Waals surface area contributed by atoms with E-state index >= 15 is 0 Å². The molecule has 0 atom stereocenters. The molecule has 1 aliphatic heterocycles. The van der Waals surface area contributed by atoms with E-state index in [0.717, 1.165) is 17.8 Å². The van der Waals surface area contributed by atoms with Gasteiger partial charge in [-0.15, -0.1) is 4.40 Å². The third kappa shape index (κ3) is 3.31. The number of para-hydroxylation sites is 1. The Balaban J connectivity index is 2.00. The Hall–Kier alpha value is -1.88. The number of sulfonamides is 2. The van der Waals surface area contributed by atoms with Crippen molar-refractivity contribution < 1.29 is 16.8 Å². The molecular formula is C14H13N3O4S3. The van der Waals surface area contributed by atoms with Gasteiger partial charge in [0, 0.05) is 10.6 Å². The number of nitrogens with one attached hydrogen (secondary N) is 2. The van der Waals surface area contributed by atoms with Crippen LogP contribution >= 0.6 is 11.8 Å². The Morgan fingerprint density at radius 1 is 1.08 bits per heavy atom. The summed E-state index contributed by atoms with van der Waals surface area (Å²) in [6.07, 6.45) is 0. The molecule has 2 N–H and O–H groups in total. The average molecular weight is 383 g/mol. The molecule has 0 radical (unpaired) electrons. The maximum atomic E-state index is 12.4. The van der Waals surface area contributed by atoms with Crippen LogP contribution in [0.2, 0.25) is 0 Å². The topological polar surface area (TPSA) is 105 Å². The van der Waals surface area contributed by atoms with Gasteiger partial charge in [0.05, 0.1) is 4.90 Å². The lowest BCUT2D eigenvalue weighted by atomic mass is 10.3. The highest BCUT2D eigenvalue weighted by atomic mass is 32.2. The van der Waals surface area contributed by atoms with Crippen molar-refractivity contribution in [1.82, 2.24) is 4.72 Å². The third-order valence-corrected chi connectivity index (χ3v) is 7.14. The van der Waals surface area contributed by atoms with Gasteiger partial charge in [0.15, 0.2) is 5.17 Å². The third-order valence-electron chi connectivity index (χ3n) is 3.21. The molecule has 0 unspecified atom stereocenters. The number of thioether (sulfide) groups is 1. The van der Waals surface area contributed by atoms with Gasteiger partial charge < -0.3 is 5.32 Å². The Labute approximate surface area is 144 Å². The monoisotopic (exact) mass is 383 g/mol. The van der Waals surface area contributed by atoms with E-state index < -0.39 is 20.0 Å². The molecule has 0 fully saturated rings. The second-order valence-electron chi connectivity index (χ2n) is 4.78. The summed E-state index contributed by atoms with van der Waals surface area (Å²) in [5, 5.41) is 3.14. The van der Waals surface area contributed by atoms with E-state index in [0.29, 0.717) is 10.6 Å². The van der Waals surface area contributed by atoms with Gasteiger partial charge in [0.25, 0.3) is 10.0 Å². The molecule has 0 saturated carbocycles. The molecule has 3 rings (SSSR count). The van der Waals surface area contributed by atoms with Crippen molar-refractivity contribution in [2.75, 3.05) is 12.4 Å². The molecule has 0 bridgehead atoms. The predicted molar refractivity (Wildman–Crippen MR) is 93.2 cm³/mol. The van der Waals surface area contributed by atoms with E-state index in [2.05, 4.69) is 14.4 Å². The summed E-state index contributed by atoms with van der Waals surface area (Å²) in [7, 11) is -6.46. The lowest BCUT2D eigenvalue weighted by molar-refractivity contribution is 0.587. The fourth-order valence-corrected chi connectivity index (χ4v) is 5.38. The van der Waals surface area contributed by atoms with E-state index in [1.807, 2.05) is 18.2 Å². The molecule has 0 aliphatic carbocycles. The molecule has 2 aromatic carbocycles. The van der Waals surface area contributed by atoms with E-state index in [9.17, 15) is 16.8 Å². The molecule has 24 heavy (non-hydrogen) atoms. The maximum absolute atomic E-state index is 12.4. The molecule has 1 aliphatic rings. The first-order valence-electron chi connectivity index (χ1n) is 6.74. The summed E-state index contributed by atoms with van der Waals surface area (Å²) in [5.74, 6) is 0. The van der Waals surface area contributed by atoms with Crippen molar-refractivity contribution in [2.45, 2.75) is 14.7 Å². The standard InChI is InChI=1S/C14H13N3O4S3/c1-15-23(18,19)11-7-8-12-13(9-11)24(20,21)17-14(22-12)16-10-5-3-2-4-6-10/h2-9,15H,1H3,(H,16,17). The largest absolute Gasteiger partial charge is 0.334 e. The van der Waals surface area contributed by atoms with Crippen molar-refractivity contribution in [3.05, 3.63) is 48.5 Å². The van der Waals surface area contributed by atoms with Gasteiger partial charge >= 0.3 is 0 Å². The number of benzene rings is 2. The first-order chi connectivity index (χ1) is 11.3. The maximum Gasteiger partial charge on any atom is 0.285 e. The van der Waals surface area contributed by atoms with Crippen LogP contribution in [-0.4, -0.2) is 29.1 Å². The summed E-state index contributed by atoms with van der Waals surface area (Å²) in [6, 6.07) is 13.0. The minimum Gasteiger partial charge on any atom is -0.334 e. The Bertz CT molecular complexity index is 1020. The second kappa shape index (κ2) is 6.20. The minimum absolute atomic E-state index is 0.123. The van der Waals surface area contributed by atoms with Gasteiger partial charge in [-0.05, 0) is 49.1 Å². The van der Waals surface area contributed by atoms with Gasteiger partial charge in [0.2, 0.25) is 10.0 Å². The van der Waals surface area contributed by atoms with Crippen LogP contribution in [0.25, 0.3) is 0 Å². The molecule has 0 saturated heterocycles. The summed E-state index contributed by atoms with van der Waals surface area (Å²) in [4.78, 5) is 0.170. The van der Waals surface area contributed by atoms with Crippen LogP contribution in [-0.2, 0) is 20.0 Å². The first kappa shape index (κ1) is 17.0. The van der Waals surface area contributed by atoms with Gasteiger partial charge in [0.1, 0.15) is 4.90 Å².